The Balaban J connectivity index is 2.04. The summed E-state index contributed by atoms with van der Waals surface area (Å²) in [7, 11) is -4.10. The number of sulfonamides is 1. The van der Waals surface area contributed by atoms with Crippen LogP contribution in [0.2, 0.25) is 10.0 Å². The summed E-state index contributed by atoms with van der Waals surface area (Å²) in [5.41, 5.74) is 0.997. The molecule has 3 aromatic carbocycles. The molecule has 39 heavy (non-hydrogen) atoms. The minimum atomic E-state index is -4.10. The number of hydrogen-bond donors (Lipinski definition) is 1. The molecule has 0 saturated heterocycles. The Morgan fingerprint density at radius 2 is 1.62 bits per heavy atom. The molecular weight excluding hydrogens is 672 g/mol. The van der Waals surface area contributed by atoms with Crippen molar-refractivity contribution in [2.45, 2.75) is 44.2 Å². The topological polar surface area (TPSA) is 86.8 Å². The third-order valence-electron chi connectivity index (χ3n) is 6.00. The van der Waals surface area contributed by atoms with E-state index in [1.807, 2.05) is 13.8 Å². The molecule has 7 nitrogen and oxygen atoms in total. The highest BCUT2D eigenvalue weighted by Crippen LogP contribution is 2.27. The van der Waals surface area contributed by atoms with Crippen LogP contribution in [0.3, 0.4) is 0 Å². The van der Waals surface area contributed by atoms with Crippen molar-refractivity contribution in [3.05, 3.63) is 92.0 Å². The molecule has 0 unspecified atom stereocenters. The molecule has 3 rings (SSSR count). The molecule has 3 aromatic rings. The summed E-state index contributed by atoms with van der Waals surface area (Å²) in [5.74, 6) is -0.836. The highest BCUT2D eigenvalue weighted by molar-refractivity contribution is 14.1. The first kappa shape index (κ1) is 31.2. The second-order valence-corrected chi connectivity index (χ2v) is 12.7. The van der Waals surface area contributed by atoms with Gasteiger partial charge in [-0.2, -0.15) is 0 Å². The lowest BCUT2D eigenvalue weighted by atomic mass is 10.1. The lowest BCUT2D eigenvalue weighted by Crippen LogP contribution is -2.52. The normalized spacial score (nSPS) is 12.0. The van der Waals surface area contributed by atoms with E-state index in [2.05, 4.69) is 27.9 Å². The Morgan fingerprint density at radius 3 is 2.21 bits per heavy atom. The van der Waals surface area contributed by atoms with Gasteiger partial charge in [0.25, 0.3) is 10.0 Å². The quantitative estimate of drug-likeness (QED) is 0.231. The third-order valence-corrected chi connectivity index (χ3v) is 9.24. The molecule has 1 atom stereocenters. The van der Waals surface area contributed by atoms with E-state index in [1.54, 1.807) is 60.7 Å². The van der Waals surface area contributed by atoms with E-state index >= 15 is 0 Å². The molecule has 0 saturated carbocycles. The smallest absolute Gasteiger partial charge is 0.264 e. The lowest BCUT2D eigenvalue weighted by molar-refractivity contribution is -0.140. The molecule has 0 aliphatic heterocycles. The molecule has 0 aliphatic carbocycles. The number of hydrogen-bond acceptors (Lipinski definition) is 4. The summed E-state index contributed by atoms with van der Waals surface area (Å²) in [4.78, 5) is 28.6. The number of anilines is 1. The predicted octanol–water partition coefficient (Wildman–Crippen LogP) is 6.13. The maximum atomic E-state index is 14.0. The average molecular weight is 702 g/mol. The summed E-state index contributed by atoms with van der Waals surface area (Å²) in [6, 6.07) is 19.0. The first-order valence-electron chi connectivity index (χ1n) is 12.4. The van der Waals surface area contributed by atoms with Gasteiger partial charge in [-0.05, 0) is 89.5 Å². The molecule has 0 aromatic heterocycles. The molecule has 0 spiro atoms. The van der Waals surface area contributed by atoms with Gasteiger partial charge in [-0.1, -0.05) is 61.3 Å². The summed E-state index contributed by atoms with van der Waals surface area (Å²) >= 11 is 14.4. The van der Waals surface area contributed by atoms with Crippen LogP contribution in [0.1, 0.15) is 32.3 Å². The van der Waals surface area contributed by atoms with Crippen molar-refractivity contribution in [3.8, 4) is 0 Å². The number of carbonyl (C=O) groups is 2. The molecule has 0 fully saturated rings. The van der Waals surface area contributed by atoms with E-state index < -0.39 is 28.5 Å². The number of rotatable bonds is 12. The van der Waals surface area contributed by atoms with Crippen molar-refractivity contribution in [2.75, 3.05) is 17.4 Å². The van der Waals surface area contributed by atoms with Crippen molar-refractivity contribution in [3.63, 3.8) is 0 Å². The zero-order valence-corrected chi connectivity index (χ0v) is 26.1. The SMILES string of the molecule is CCCNC(=O)[C@H](CC)N(Cc1ccc(Cl)c(Cl)c1)C(=O)CN(c1ccc(I)cc1)S(=O)(=O)c1ccccc1. The van der Waals surface area contributed by atoms with Crippen LogP contribution in [0, 0.1) is 3.57 Å². The minimum Gasteiger partial charge on any atom is -0.354 e. The lowest BCUT2D eigenvalue weighted by Gasteiger charge is -2.33. The molecule has 2 amide bonds. The standard InChI is InChI=1S/C28H30Cl2IN3O4S/c1-3-16-32-28(36)26(4-2)33(18-20-10-15-24(29)25(30)17-20)27(35)19-34(22-13-11-21(31)12-14-22)39(37,38)23-8-6-5-7-9-23/h5-15,17,26H,3-4,16,18-19H2,1-2H3,(H,32,36)/t26-/m0/s1. The molecule has 0 radical (unpaired) electrons. The van der Waals surface area contributed by atoms with Gasteiger partial charge in [-0.15, -0.1) is 0 Å². The first-order chi connectivity index (χ1) is 18.6. The van der Waals surface area contributed by atoms with Crippen LogP contribution < -0.4 is 9.62 Å². The predicted molar refractivity (Wildman–Crippen MR) is 165 cm³/mol. The van der Waals surface area contributed by atoms with Crippen LogP contribution in [0.4, 0.5) is 5.69 Å². The van der Waals surface area contributed by atoms with E-state index in [4.69, 9.17) is 23.2 Å². The van der Waals surface area contributed by atoms with Gasteiger partial charge in [-0.3, -0.25) is 13.9 Å². The molecule has 0 heterocycles. The number of halogens is 3. The number of nitrogens with zero attached hydrogens (tertiary/aromatic N) is 2. The Hall–Kier alpha value is -2.34. The van der Waals surface area contributed by atoms with E-state index in [0.717, 1.165) is 14.3 Å². The van der Waals surface area contributed by atoms with Gasteiger partial charge in [0.1, 0.15) is 12.6 Å². The molecule has 11 heteroatoms. The van der Waals surface area contributed by atoms with E-state index in [0.29, 0.717) is 34.3 Å². The van der Waals surface area contributed by atoms with Gasteiger partial charge in [-0.25, -0.2) is 8.42 Å². The van der Waals surface area contributed by atoms with Crippen LogP contribution >= 0.6 is 45.8 Å². The molecule has 0 aliphatic rings. The highest BCUT2D eigenvalue weighted by atomic mass is 127. The zero-order chi connectivity index (χ0) is 28.6. The van der Waals surface area contributed by atoms with Crippen molar-refractivity contribution in [1.82, 2.24) is 10.2 Å². The van der Waals surface area contributed by atoms with Gasteiger partial charge in [0.2, 0.25) is 11.8 Å². The minimum absolute atomic E-state index is 0.0414. The van der Waals surface area contributed by atoms with E-state index in [-0.39, 0.29) is 17.3 Å². The van der Waals surface area contributed by atoms with Crippen LogP contribution in [0.5, 0.6) is 0 Å². The molecule has 0 bridgehead atoms. The van der Waals surface area contributed by atoms with Gasteiger partial charge < -0.3 is 10.2 Å². The molecule has 1 N–H and O–H groups in total. The second-order valence-electron chi connectivity index (χ2n) is 8.79. The van der Waals surface area contributed by atoms with Crippen molar-refractivity contribution in [2.24, 2.45) is 0 Å². The zero-order valence-electron chi connectivity index (χ0n) is 21.6. The highest BCUT2D eigenvalue weighted by Gasteiger charge is 2.33. The maximum Gasteiger partial charge on any atom is 0.264 e. The van der Waals surface area contributed by atoms with Gasteiger partial charge in [0.05, 0.1) is 20.6 Å². The van der Waals surface area contributed by atoms with E-state index in [1.165, 1.54) is 17.0 Å². The van der Waals surface area contributed by atoms with Gasteiger partial charge in [0, 0.05) is 16.7 Å². The fourth-order valence-electron chi connectivity index (χ4n) is 3.98. The van der Waals surface area contributed by atoms with Crippen LogP contribution in [-0.4, -0.2) is 44.3 Å². The number of amides is 2. The average Bonchev–Trinajstić information content (AvgIpc) is 2.93. The third kappa shape index (κ3) is 8.09. The largest absolute Gasteiger partial charge is 0.354 e. The van der Waals surface area contributed by atoms with E-state index in [9.17, 15) is 18.0 Å². The number of nitrogens with one attached hydrogen (secondary N) is 1. The summed E-state index contributed by atoms with van der Waals surface area (Å²) < 4.78 is 29.5. The van der Waals surface area contributed by atoms with Crippen LogP contribution in [0.15, 0.2) is 77.7 Å². The van der Waals surface area contributed by atoms with Crippen LogP contribution in [0.25, 0.3) is 0 Å². The fraction of sp³-hybridized carbons (Fsp3) is 0.286. The summed E-state index contributed by atoms with van der Waals surface area (Å²) in [6.07, 6.45) is 1.07. The Labute approximate surface area is 253 Å². The maximum absolute atomic E-state index is 14.0. The Kier molecular flexibility index (Phi) is 11.5. The number of benzene rings is 3. The number of carbonyl (C=O) groups excluding carboxylic acids is 2. The van der Waals surface area contributed by atoms with Gasteiger partial charge >= 0.3 is 0 Å². The van der Waals surface area contributed by atoms with Crippen molar-refractivity contribution in [1.29, 1.82) is 0 Å². The summed E-state index contributed by atoms with van der Waals surface area (Å²) in [6.45, 7) is 3.74. The fourth-order valence-corrected chi connectivity index (χ4v) is 6.09. The summed E-state index contributed by atoms with van der Waals surface area (Å²) in [5, 5.41) is 3.54. The van der Waals surface area contributed by atoms with Crippen molar-refractivity contribution >= 4 is 73.3 Å². The Morgan fingerprint density at radius 1 is 0.949 bits per heavy atom. The molecular formula is C28H30Cl2IN3O4S. The van der Waals surface area contributed by atoms with Crippen LogP contribution in [-0.2, 0) is 26.2 Å². The Bertz CT molecular complexity index is 1390. The van der Waals surface area contributed by atoms with Gasteiger partial charge in [0.15, 0.2) is 0 Å². The molecule has 208 valence electrons. The second kappa shape index (κ2) is 14.3. The monoisotopic (exact) mass is 701 g/mol. The first-order valence-corrected chi connectivity index (χ1v) is 15.7. The van der Waals surface area contributed by atoms with Crippen molar-refractivity contribution < 1.29 is 18.0 Å².